The van der Waals surface area contributed by atoms with E-state index in [1.54, 1.807) is 0 Å². The van der Waals surface area contributed by atoms with Gasteiger partial charge in [0.25, 0.3) is 0 Å². The van der Waals surface area contributed by atoms with Crippen LogP contribution in [0.5, 0.6) is 5.75 Å². The number of hydrogen-bond donors (Lipinski definition) is 3. The number of aliphatic carboxylic acids is 1. The molecule has 0 saturated heterocycles. The summed E-state index contributed by atoms with van der Waals surface area (Å²) in [5.41, 5.74) is 3.63. The molecule has 2 aromatic carbocycles. The highest BCUT2D eigenvalue weighted by Gasteiger charge is 2.11. The van der Waals surface area contributed by atoms with Gasteiger partial charge in [-0.05, 0) is 61.8 Å². The number of carboxylic acid groups (broad SMARTS) is 1. The maximum absolute atomic E-state index is 10.8. The van der Waals surface area contributed by atoms with Crippen LogP contribution < -0.4 is 4.74 Å². The average molecular weight is 479 g/mol. The minimum absolute atomic E-state index is 0.0659. The van der Waals surface area contributed by atoms with E-state index in [4.69, 9.17) is 9.84 Å². The molecule has 0 spiro atoms. The highest BCUT2D eigenvalue weighted by molar-refractivity contribution is 5.67. The third-order valence-electron chi connectivity index (χ3n) is 5.71. The largest absolute Gasteiger partial charge is 0.493 e. The van der Waals surface area contributed by atoms with Crippen LogP contribution in [0.15, 0.2) is 90.6 Å². The molecule has 0 aromatic heterocycles. The van der Waals surface area contributed by atoms with Gasteiger partial charge in [0.05, 0.1) is 18.8 Å². The monoisotopic (exact) mass is 478 g/mol. The van der Waals surface area contributed by atoms with Crippen molar-refractivity contribution in [2.75, 3.05) is 6.61 Å². The van der Waals surface area contributed by atoms with Crippen LogP contribution in [0.25, 0.3) is 0 Å². The Morgan fingerprint density at radius 3 is 2.46 bits per heavy atom. The summed E-state index contributed by atoms with van der Waals surface area (Å²) in [6.07, 6.45) is 8.18. The van der Waals surface area contributed by atoms with E-state index < -0.39 is 18.2 Å². The first-order valence-electron chi connectivity index (χ1n) is 12.2. The van der Waals surface area contributed by atoms with Gasteiger partial charge in [0.2, 0.25) is 0 Å². The van der Waals surface area contributed by atoms with Gasteiger partial charge >= 0.3 is 5.97 Å². The molecule has 0 heterocycles. The van der Waals surface area contributed by atoms with Gasteiger partial charge in [0.15, 0.2) is 0 Å². The summed E-state index contributed by atoms with van der Waals surface area (Å²) in [7, 11) is 0. The van der Waals surface area contributed by atoms with Crippen LogP contribution in [0.3, 0.4) is 0 Å². The third kappa shape index (κ3) is 11.2. The number of carboxylic acids is 1. The molecular weight excluding hydrogens is 440 g/mol. The number of ether oxygens (including phenoxy) is 1. The summed E-state index contributed by atoms with van der Waals surface area (Å²) in [6.45, 7) is 6.49. The molecule has 0 radical (unpaired) electrons. The van der Waals surface area contributed by atoms with E-state index in [0.29, 0.717) is 50.9 Å². The third-order valence-corrected chi connectivity index (χ3v) is 5.71. The highest BCUT2D eigenvalue weighted by Crippen LogP contribution is 2.21. The minimum atomic E-state index is -0.831. The Labute approximate surface area is 209 Å². The molecule has 188 valence electrons. The maximum Gasteiger partial charge on any atom is 0.303 e. The molecule has 0 saturated carbocycles. The molecule has 2 aromatic rings. The van der Waals surface area contributed by atoms with Crippen LogP contribution in [-0.2, 0) is 17.6 Å². The average Bonchev–Trinajstić information content (AvgIpc) is 2.85. The quantitative estimate of drug-likeness (QED) is 0.214. The molecule has 0 aliphatic heterocycles. The van der Waals surface area contributed by atoms with E-state index in [1.165, 1.54) is 0 Å². The molecule has 3 N–H and O–H groups in total. The lowest BCUT2D eigenvalue weighted by Gasteiger charge is -2.15. The fourth-order valence-corrected chi connectivity index (χ4v) is 3.80. The Kier molecular flexibility index (Phi) is 12.6. The smallest absolute Gasteiger partial charge is 0.303 e. The number of aliphatic hydroxyl groups excluding tert-OH is 2. The molecule has 0 bridgehead atoms. The Hall–Kier alpha value is -3.15. The second kappa shape index (κ2) is 15.7. The SMILES string of the molecule is C=C(/C=C(\C=C/C)[C@@H](O)Cc1ccccc1)CC[C@H](O)CCCOc1ccccc1CCC(=O)O. The number of benzene rings is 2. The van der Waals surface area contributed by atoms with Gasteiger partial charge in [-0.25, -0.2) is 0 Å². The van der Waals surface area contributed by atoms with Crippen molar-refractivity contribution in [3.63, 3.8) is 0 Å². The van der Waals surface area contributed by atoms with E-state index in [-0.39, 0.29) is 6.42 Å². The number of aryl methyl sites for hydroxylation is 1. The lowest BCUT2D eigenvalue weighted by molar-refractivity contribution is -0.136. The molecule has 0 amide bonds. The molecule has 0 unspecified atom stereocenters. The van der Waals surface area contributed by atoms with Gasteiger partial charge in [0, 0.05) is 12.8 Å². The normalized spacial score (nSPS) is 13.5. The van der Waals surface area contributed by atoms with Crippen LogP contribution >= 0.6 is 0 Å². The fourth-order valence-electron chi connectivity index (χ4n) is 3.80. The number of aliphatic hydroxyl groups is 2. The Morgan fingerprint density at radius 2 is 1.74 bits per heavy atom. The summed E-state index contributed by atoms with van der Waals surface area (Å²) >= 11 is 0. The highest BCUT2D eigenvalue weighted by atomic mass is 16.5. The number of para-hydroxylation sites is 1. The summed E-state index contributed by atoms with van der Waals surface area (Å²) in [5, 5.41) is 30.0. The summed E-state index contributed by atoms with van der Waals surface area (Å²) in [5.74, 6) is -0.129. The molecule has 0 fully saturated rings. The van der Waals surface area contributed by atoms with E-state index >= 15 is 0 Å². The molecule has 35 heavy (non-hydrogen) atoms. The first kappa shape index (κ1) is 28.1. The van der Waals surface area contributed by atoms with Gasteiger partial charge in [0.1, 0.15) is 5.75 Å². The van der Waals surface area contributed by atoms with Gasteiger partial charge in [-0.3, -0.25) is 4.79 Å². The minimum Gasteiger partial charge on any atom is -0.493 e. The molecule has 2 rings (SSSR count). The molecular formula is C30H38O5. The van der Waals surface area contributed by atoms with Crippen LogP contribution in [-0.4, -0.2) is 40.1 Å². The first-order chi connectivity index (χ1) is 16.9. The van der Waals surface area contributed by atoms with E-state index in [0.717, 1.165) is 22.3 Å². The predicted octanol–water partition coefficient (Wildman–Crippen LogP) is 5.67. The molecule has 0 aliphatic carbocycles. The Morgan fingerprint density at radius 1 is 1.03 bits per heavy atom. The molecule has 2 atom stereocenters. The lowest BCUT2D eigenvalue weighted by Crippen LogP contribution is -2.13. The van der Waals surface area contributed by atoms with E-state index in [2.05, 4.69) is 6.58 Å². The van der Waals surface area contributed by atoms with Gasteiger partial charge < -0.3 is 20.1 Å². The number of hydrogen-bond acceptors (Lipinski definition) is 4. The van der Waals surface area contributed by atoms with Crippen LogP contribution in [0.4, 0.5) is 0 Å². The number of carbonyl (C=O) groups is 1. The summed E-state index contributed by atoms with van der Waals surface area (Å²) < 4.78 is 5.83. The second-order valence-electron chi connectivity index (χ2n) is 8.69. The van der Waals surface area contributed by atoms with Crippen LogP contribution in [0.2, 0.25) is 0 Å². The van der Waals surface area contributed by atoms with Gasteiger partial charge in [-0.2, -0.15) is 0 Å². The fraction of sp³-hybridized carbons (Fsp3) is 0.367. The molecule has 5 nitrogen and oxygen atoms in total. The topological polar surface area (TPSA) is 87.0 Å². The first-order valence-corrected chi connectivity index (χ1v) is 12.2. The molecule has 0 aliphatic rings. The van der Waals surface area contributed by atoms with Crippen molar-refractivity contribution < 1.29 is 24.9 Å². The lowest BCUT2D eigenvalue weighted by atomic mass is 9.97. The van der Waals surface area contributed by atoms with Crippen LogP contribution in [0, 0.1) is 0 Å². The summed E-state index contributed by atoms with van der Waals surface area (Å²) in [6, 6.07) is 17.3. The standard InChI is InChI=1S/C30H38O5/c1-3-10-26(28(32)22-24-11-5-4-6-12-24)21-23(2)16-18-27(31)14-9-20-35-29-15-8-7-13-25(29)17-19-30(33)34/h3-8,10-13,15,21,27-28,31-32H,2,9,14,16-20,22H2,1H3,(H,33,34)/b10-3-,26-21+/t27-,28+/m1/s1. The maximum atomic E-state index is 10.8. The van der Waals surface area contributed by atoms with Crippen molar-refractivity contribution in [1.82, 2.24) is 0 Å². The Bertz CT molecular complexity index is 977. The van der Waals surface area contributed by atoms with Crippen molar-refractivity contribution in [1.29, 1.82) is 0 Å². The van der Waals surface area contributed by atoms with E-state index in [1.807, 2.05) is 79.7 Å². The summed E-state index contributed by atoms with van der Waals surface area (Å²) in [4.78, 5) is 10.8. The van der Waals surface area contributed by atoms with Crippen molar-refractivity contribution >= 4 is 5.97 Å². The second-order valence-corrected chi connectivity index (χ2v) is 8.69. The van der Waals surface area contributed by atoms with Crippen molar-refractivity contribution in [2.24, 2.45) is 0 Å². The van der Waals surface area contributed by atoms with Crippen molar-refractivity contribution in [2.45, 2.75) is 64.1 Å². The van der Waals surface area contributed by atoms with Crippen molar-refractivity contribution in [3.8, 4) is 5.75 Å². The Balaban J connectivity index is 1.76. The number of rotatable bonds is 16. The van der Waals surface area contributed by atoms with Gasteiger partial charge in [-0.15, -0.1) is 0 Å². The van der Waals surface area contributed by atoms with E-state index in [9.17, 15) is 15.0 Å². The van der Waals surface area contributed by atoms with Crippen molar-refractivity contribution in [3.05, 3.63) is 102 Å². The van der Waals surface area contributed by atoms with Crippen LogP contribution in [0.1, 0.15) is 50.2 Å². The zero-order valence-electron chi connectivity index (χ0n) is 20.6. The predicted molar refractivity (Wildman–Crippen MR) is 141 cm³/mol. The number of allylic oxidation sites excluding steroid dienone is 3. The zero-order chi connectivity index (χ0) is 25.5. The zero-order valence-corrected chi connectivity index (χ0v) is 20.6. The molecule has 5 heteroatoms. The van der Waals surface area contributed by atoms with Gasteiger partial charge in [-0.1, -0.05) is 78.9 Å².